The first-order valence-corrected chi connectivity index (χ1v) is 7.80. The fraction of sp³-hybridized carbons (Fsp3) is 0.471. The highest BCUT2D eigenvalue weighted by Gasteiger charge is 2.30. The number of likely N-dealkylation sites (N-methyl/N-ethyl adjacent to an activating group) is 1. The van der Waals surface area contributed by atoms with Crippen LogP contribution in [0, 0.1) is 0 Å². The third-order valence-electron chi connectivity index (χ3n) is 3.90. The molecule has 0 aliphatic carbocycles. The Balaban J connectivity index is 2.24. The maximum absolute atomic E-state index is 12.8. The summed E-state index contributed by atoms with van der Waals surface area (Å²) >= 11 is 0. The zero-order valence-electron chi connectivity index (χ0n) is 13.6. The Hall–Kier alpha value is -1.82. The van der Waals surface area contributed by atoms with Crippen LogP contribution in [0.4, 0.5) is 18.9 Å². The number of rotatable bonds is 6. The van der Waals surface area contributed by atoms with Gasteiger partial charge in [0.25, 0.3) is 0 Å². The molecule has 1 aromatic heterocycles. The van der Waals surface area contributed by atoms with E-state index in [4.69, 9.17) is 0 Å². The molecule has 1 N–H and O–H groups in total. The lowest BCUT2D eigenvalue weighted by atomic mass is 10.1. The summed E-state index contributed by atoms with van der Waals surface area (Å²) in [7, 11) is 0. The van der Waals surface area contributed by atoms with Crippen molar-refractivity contribution in [3.8, 4) is 0 Å². The van der Waals surface area contributed by atoms with Gasteiger partial charge in [0.2, 0.25) is 0 Å². The van der Waals surface area contributed by atoms with E-state index >= 15 is 0 Å². The van der Waals surface area contributed by atoms with Crippen LogP contribution in [0.2, 0.25) is 0 Å². The molecule has 0 radical (unpaired) electrons. The van der Waals surface area contributed by atoms with Crippen molar-refractivity contribution in [2.24, 2.45) is 0 Å². The zero-order chi connectivity index (χ0) is 17.0. The molecule has 1 aromatic carbocycles. The minimum absolute atomic E-state index is 0.183. The SMILES string of the molecule is CCN(CC)C[C@@H](C)Nc1ccnc2cc(C(F)(F)F)ccc12. The number of anilines is 1. The van der Waals surface area contributed by atoms with Gasteiger partial charge in [0.1, 0.15) is 0 Å². The van der Waals surface area contributed by atoms with Crippen molar-refractivity contribution >= 4 is 16.6 Å². The molecule has 0 saturated carbocycles. The number of benzene rings is 1. The Morgan fingerprint density at radius 2 is 1.87 bits per heavy atom. The standard InChI is InChI=1S/C17H22F3N3/c1-4-23(5-2)11-12(3)22-15-8-9-21-16-10-13(17(18,19)20)6-7-14(15)16/h6-10,12H,4-5,11H2,1-3H3,(H,21,22)/t12-/m1/s1. The number of hydrogen-bond acceptors (Lipinski definition) is 3. The molecule has 1 atom stereocenters. The average molecular weight is 325 g/mol. The summed E-state index contributed by atoms with van der Waals surface area (Å²) in [6, 6.07) is 5.66. The summed E-state index contributed by atoms with van der Waals surface area (Å²) in [5.41, 5.74) is 0.481. The van der Waals surface area contributed by atoms with Crippen molar-refractivity contribution < 1.29 is 13.2 Å². The van der Waals surface area contributed by atoms with Gasteiger partial charge in [0.05, 0.1) is 11.1 Å². The second-order valence-electron chi connectivity index (χ2n) is 5.62. The summed E-state index contributed by atoms with van der Waals surface area (Å²) in [5, 5.41) is 4.08. The van der Waals surface area contributed by atoms with E-state index in [0.29, 0.717) is 10.9 Å². The van der Waals surface area contributed by atoms with Gasteiger partial charge in [-0.3, -0.25) is 4.98 Å². The lowest BCUT2D eigenvalue weighted by Crippen LogP contribution is -2.34. The maximum Gasteiger partial charge on any atom is 0.416 e. The summed E-state index contributed by atoms with van der Waals surface area (Å²) in [6.07, 6.45) is -2.82. The second kappa shape index (κ2) is 7.17. The van der Waals surface area contributed by atoms with Gasteiger partial charge < -0.3 is 10.2 Å². The van der Waals surface area contributed by atoms with Crippen LogP contribution in [0.5, 0.6) is 0 Å². The minimum Gasteiger partial charge on any atom is -0.381 e. The first-order chi connectivity index (χ1) is 10.8. The third-order valence-corrected chi connectivity index (χ3v) is 3.90. The smallest absolute Gasteiger partial charge is 0.381 e. The molecule has 1 heterocycles. The van der Waals surface area contributed by atoms with Gasteiger partial charge in [-0.2, -0.15) is 13.2 Å². The lowest BCUT2D eigenvalue weighted by molar-refractivity contribution is -0.137. The molecule has 0 amide bonds. The Morgan fingerprint density at radius 3 is 2.48 bits per heavy atom. The van der Waals surface area contributed by atoms with E-state index in [2.05, 4.69) is 36.0 Å². The fourth-order valence-corrected chi connectivity index (χ4v) is 2.63. The van der Waals surface area contributed by atoms with Crippen molar-refractivity contribution in [3.05, 3.63) is 36.0 Å². The van der Waals surface area contributed by atoms with Crippen molar-refractivity contribution in [1.82, 2.24) is 9.88 Å². The van der Waals surface area contributed by atoms with Gasteiger partial charge in [0, 0.05) is 29.9 Å². The molecule has 0 spiro atoms. The Morgan fingerprint density at radius 1 is 1.17 bits per heavy atom. The molecule has 6 heteroatoms. The van der Waals surface area contributed by atoms with E-state index in [9.17, 15) is 13.2 Å². The van der Waals surface area contributed by atoms with Crippen LogP contribution in [-0.2, 0) is 6.18 Å². The predicted molar refractivity (Wildman–Crippen MR) is 87.6 cm³/mol. The number of pyridine rings is 1. The van der Waals surface area contributed by atoms with Crippen LogP contribution in [-0.4, -0.2) is 35.6 Å². The molecule has 3 nitrogen and oxygen atoms in total. The first kappa shape index (κ1) is 17.5. The molecule has 0 saturated heterocycles. The van der Waals surface area contributed by atoms with E-state index < -0.39 is 11.7 Å². The van der Waals surface area contributed by atoms with Gasteiger partial charge in [-0.15, -0.1) is 0 Å². The maximum atomic E-state index is 12.8. The van der Waals surface area contributed by atoms with Crippen LogP contribution in [0.15, 0.2) is 30.5 Å². The van der Waals surface area contributed by atoms with E-state index in [1.807, 2.05) is 0 Å². The van der Waals surface area contributed by atoms with Crippen molar-refractivity contribution in [3.63, 3.8) is 0 Å². The largest absolute Gasteiger partial charge is 0.416 e. The molecule has 0 aliphatic rings. The molecule has 0 bridgehead atoms. The molecular formula is C17H22F3N3. The predicted octanol–water partition coefficient (Wildman–Crippen LogP) is 4.40. The summed E-state index contributed by atoms with van der Waals surface area (Å²) in [5.74, 6) is 0. The van der Waals surface area contributed by atoms with Gasteiger partial charge in [-0.1, -0.05) is 19.9 Å². The van der Waals surface area contributed by atoms with E-state index in [1.54, 1.807) is 6.07 Å². The molecule has 0 aliphatic heterocycles. The van der Waals surface area contributed by atoms with E-state index in [1.165, 1.54) is 12.3 Å². The summed E-state index contributed by atoms with van der Waals surface area (Å²) < 4.78 is 38.4. The number of nitrogens with zero attached hydrogens (tertiary/aromatic N) is 2. The number of nitrogens with one attached hydrogen (secondary N) is 1. The van der Waals surface area contributed by atoms with Gasteiger partial charge in [-0.25, -0.2) is 0 Å². The van der Waals surface area contributed by atoms with E-state index in [-0.39, 0.29) is 6.04 Å². The monoisotopic (exact) mass is 325 g/mol. The van der Waals surface area contributed by atoms with Crippen LogP contribution in [0.1, 0.15) is 26.3 Å². The topological polar surface area (TPSA) is 28.2 Å². The quantitative estimate of drug-likeness (QED) is 0.853. The van der Waals surface area contributed by atoms with Gasteiger partial charge in [-0.05, 0) is 38.2 Å². The molecule has 0 fully saturated rings. The highest BCUT2D eigenvalue weighted by atomic mass is 19.4. The number of hydrogen-bond donors (Lipinski definition) is 1. The molecular weight excluding hydrogens is 303 g/mol. The number of aromatic nitrogens is 1. The molecule has 2 rings (SSSR count). The Labute approximate surface area is 134 Å². The zero-order valence-corrected chi connectivity index (χ0v) is 13.6. The minimum atomic E-state index is -4.35. The Kier molecular flexibility index (Phi) is 5.46. The average Bonchev–Trinajstić information content (AvgIpc) is 2.51. The van der Waals surface area contributed by atoms with E-state index in [0.717, 1.165) is 37.5 Å². The molecule has 2 aromatic rings. The fourth-order valence-electron chi connectivity index (χ4n) is 2.63. The third kappa shape index (κ3) is 4.34. The molecule has 126 valence electrons. The number of alkyl halides is 3. The lowest BCUT2D eigenvalue weighted by Gasteiger charge is -2.24. The normalized spacial score (nSPS) is 13.5. The van der Waals surface area contributed by atoms with Gasteiger partial charge >= 0.3 is 6.18 Å². The number of fused-ring (bicyclic) bond motifs is 1. The Bertz CT molecular complexity index is 651. The first-order valence-electron chi connectivity index (χ1n) is 7.80. The highest BCUT2D eigenvalue weighted by Crippen LogP contribution is 2.32. The van der Waals surface area contributed by atoms with Crippen molar-refractivity contribution in [2.45, 2.75) is 33.0 Å². The van der Waals surface area contributed by atoms with Crippen molar-refractivity contribution in [2.75, 3.05) is 25.0 Å². The molecule has 0 unspecified atom stereocenters. The van der Waals surface area contributed by atoms with Crippen molar-refractivity contribution in [1.29, 1.82) is 0 Å². The molecule has 23 heavy (non-hydrogen) atoms. The highest BCUT2D eigenvalue weighted by molar-refractivity contribution is 5.91. The summed E-state index contributed by atoms with van der Waals surface area (Å²) in [6.45, 7) is 9.09. The van der Waals surface area contributed by atoms with Gasteiger partial charge in [0.15, 0.2) is 0 Å². The summed E-state index contributed by atoms with van der Waals surface area (Å²) in [4.78, 5) is 6.36. The van der Waals surface area contributed by atoms with Crippen LogP contribution in [0.3, 0.4) is 0 Å². The number of halogens is 3. The van der Waals surface area contributed by atoms with Crippen LogP contribution >= 0.6 is 0 Å². The van der Waals surface area contributed by atoms with Crippen LogP contribution < -0.4 is 5.32 Å². The second-order valence-corrected chi connectivity index (χ2v) is 5.62. The van der Waals surface area contributed by atoms with Crippen LogP contribution in [0.25, 0.3) is 10.9 Å².